The minimum atomic E-state index is -0.702. The van der Waals surface area contributed by atoms with Crippen LogP contribution in [0.15, 0.2) is 24.3 Å². The zero-order valence-corrected chi connectivity index (χ0v) is 11.3. The fraction of sp³-hybridized carbons (Fsp3) is 0.533. The van der Waals surface area contributed by atoms with Gasteiger partial charge >= 0.3 is 5.97 Å². The highest BCUT2D eigenvalue weighted by Gasteiger charge is 2.25. The van der Waals surface area contributed by atoms with Crippen molar-refractivity contribution < 1.29 is 14.6 Å². The van der Waals surface area contributed by atoms with Gasteiger partial charge in [0.1, 0.15) is 5.75 Å². The molecule has 0 aliphatic heterocycles. The molecule has 1 N–H and O–H groups in total. The van der Waals surface area contributed by atoms with Crippen molar-refractivity contribution in [2.24, 2.45) is 11.8 Å². The minimum absolute atomic E-state index is 0.230. The van der Waals surface area contributed by atoms with Gasteiger partial charge in [-0.25, -0.2) is 0 Å². The van der Waals surface area contributed by atoms with Gasteiger partial charge in [0, 0.05) is 0 Å². The summed E-state index contributed by atoms with van der Waals surface area (Å²) in [6.45, 7) is 4.10. The summed E-state index contributed by atoms with van der Waals surface area (Å²) in [5, 5.41) is 9.36. The van der Waals surface area contributed by atoms with Crippen molar-refractivity contribution in [2.45, 2.75) is 33.1 Å². The first-order valence-electron chi connectivity index (χ1n) is 6.48. The summed E-state index contributed by atoms with van der Waals surface area (Å²) in [7, 11) is 1.62. The molecule has 1 atom stereocenters. The number of benzene rings is 1. The maximum atomic E-state index is 11.4. The molecule has 0 amide bonds. The first-order chi connectivity index (χ1) is 8.62. The van der Waals surface area contributed by atoms with Crippen LogP contribution in [0.1, 0.15) is 32.3 Å². The zero-order valence-electron chi connectivity index (χ0n) is 11.3. The van der Waals surface area contributed by atoms with E-state index in [0.717, 1.165) is 24.2 Å². The third-order valence-corrected chi connectivity index (χ3v) is 3.52. The van der Waals surface area contributed by atoms with Crippen LogP contribution in [0.4, 0.5) is 0 Å². The number of carbonyl (C=O) groups is 1. The minimum Gasteiger partial charge on any atom is -0.497 e. The lowest BCUT2D eigenvalue weighted by Crippen LogP contribution is -2.25. The molecule has 0 aromatic heterocycles. The molecule has 1 rings (SSSR count). The van der Waals surface area contributed by atoms with Gasteiger partial charge in [-0.15, -0.1) is 0 Å². The summed E-state index contributed by atoms with van der Waals surface area (Å²) in [6, 6.07) is 7.65. The lowest BCUT2D eigenvalue weighted by Gasteiger charge is -2.21. The van der Waals surface area contributed by atoms with Gasteiger partial charge in [0.2, 0.25) is 0 Å². The number of carboxylic acids is 1. The largest absolute Gasteiger partial charge is 0.497 e. The van der Waals surface area contributed by atoms with E-state index in [0.29, 0.717) is 6.42 Å². The van der Waals surface area contributed by atoms with Crippen molar-refractivity contribution in [1.82, 2.24) is 0 Å². The van der Waals surface area contributed by atoms with Crippen LogP contribution in [0, 0.1) is 11.8 Å². The SMILES string of the molecule is CCC(CC)C(Cc1cccc(OC)c1)C(=O)O. The van der Waals surface area contributed by atoms with Gasteiger partial charge in [-0.3, -0.25) is 4.79 Å². The fourth-order valence-corrected chi connectivity index (χ4v) is 2.37. The standard InChI is InChI=1S/C15H22O3/c1-4-12(5-2)14(15(16)17)10-11-7-6-8-13(9-11)18-3/h6-9,12,14H,4-5,10H2,1-3H3,(H,16,17). The predicted molar refractivity (Wildman–Crippen MR) is 71.9 cm³/mol. The van der Waals surface area contributed by atoms with E-state index >= 15 is 0 Å². The highest BCUT2D eigenvalue weighted by Crippen LogP contribution is 2.25. The Hall–Kier alpha value is -1.51. The molecule has 100 valence electrons. The number of rotatable bonds is 7. The molecular formula is C15H22O3. The Morgan fingerprint density at radius 1 is 1.33 bits per heavy atom. The summed E-state index contributed by atoms with van der Waals surface area (Å²) in [4.78, 5) is 11.4. The van der Waals surface area contributed by atoms with Crippen molar-refractivity contribution in [2.75, 3.05) is 7.11 Å². The van der Waals surface area contributed by atoms with Crippen LogP contribution in [-0.2, 0) is 11.2 Å². The second-order valence-corrected chi connectivity index (χ2v) is 4.58. The van der Waals surface area contributed by atoms with Crippen molar-refractivity contribution in [3.05, 3.63) is 29.8 Å². The molecule has 0 fully saturated rings. The van der Waals surface area contributed by atoms with Gasteiger partial charge in [-0.05, 0) is 30.0 Å². The molecule has 0 bridgehead atoms. The van der Waals surface area contributed by atoms with Gasteiger partial charge in [0.05, 0.1) is 13.0 Å². The van der Waals surface area contributed by atoms with E-state index in [-0.39, 0.29) is 11.8 Å². The van der Waals surface area contributed by atoms with Gasteiger partial charge in [-0.1, -0.05) is 38.8 Å². The Kier molecular flexibility index (Phi) is 5.69. The average Bonchev–Trinajstić information content (AvgIpc) is 2.39. The molecule has 1 unspecified atom stereocenters. The number of methoxy groups -OCH3 is 1. The molecule has 18 heavy (non-hydrogen) atoms. The molecule has 1 aromatic rings. The summed E-state index contributed by atoms with van der Waals surface area (Å²) in [5.74, 6) is -0.00601. The van der Waals surface area contributed by atoms with E-state index in [2.05, 4.69) is 13.8 Å². The molecule has 0 radical (unpaired) electrons. The van der Waals surface area contributed by atoms with Crippen LogP contribution in [0.25, 0.3) is 0 Å². The van der Waals surface area contributed by atoms with E-state index in [9.17, 15) is 9.90 Å². The molecule has 0 heterocycles. The van der Waals surface area contributed by atoms with Gasteiger partial charge in [0.25, 0.3) is 0 Å². The van der Waals surface area contributed by atoms with E-state index in [4.69, 9.17) is 4.74 Å². The van der Waals surface area contributed by atoms with Crippen LogP contribution in [0.3, 0.4) is 0 Å². The van der Waals surface area contributed by atoms with Crippen molar-refractivity contribution in [3.8, 4) is 5.75 Å². The lowest BCUT2D eigenvalue weighted by atomic mass is 9.83. The summed E-state index contributed by atoms with van der Waals surface area (Å²) < 4.78 is 5.16. The third kappa shape index (κ3) is 3.76. The molecule has 3 heteroatoms. The number of aliphatic carboxylic acids is 1. The van der Waals surface area contributed by atoms with Crippen LogP contribution < -0.4 is 4.74 Å². The Morgan fingerprint density at radius 3 is 2.50 bits per heavy atom. The Morgan fingerprint density at radius 2 is 2.00 bits per heavy atom. The van der Waals surface area contributed by atoms with Crippen LogP contribution in [0.5, 0.6) is 5.75 Å². The molecule has 1 aromatic carbocycles. The monoisotopic (exact) mass is 250 g/mol. The Balaban J connectivity index is 2.85. The maximum absolute atomic E-state index is 11.4. The summed E-state index contributed by atoms with van der Waals surface area (Å²) in [5.41, 5.74) is 1.02. The van der Waals surface area contributed by atoms with E-state index in [1.54, 1.807) is 7.11 Å². The second-order valence-electron chi connectivity index (χ2n) is 4.58. The second kappa shape index (κ2) is 7.04. The highest BCUT2D eigenvalue weighted by molar-refractivity contribution is 5.70. The molecule has 0 saturated heterocycles. The molecule has 0 spiro atoms. The topological polar surface area (TPSA) is 46.5 Å². The molecule has 0 saturated carbocycles. The maximum Gasteiger partial charge on any atom is 0.307 e. The first kappa shape index (κ1) is 14.6. The third-order valence-electron chi connectivity index (χ3n) is 3.52. The number of ether oxygens (including phenoxy) is 1. The number of hydrogen-bond donors (Lipinski definition) is 1. The zero-order chi connectivity index (χ0) is 13.5. The van der Waals surface area contributed by atoms with E-state index in [1.165, 1.54) is 0 Å². The van der Waals surface area contributed by atoms with E-state index in [1.807, 2.05) is 24.3 Å². The average molecular weight is 250 g/mol. The van der Waals surface area contributed by atoms with Crippen LogP contribution in [-0.4, -0.2) is 18.2 Å². The van der Waals surface area contributed by atoms with Crippen molar-refractivity contribution >= 4 is 5.97 Å². The lowest BCUT2D eigenvalue weighted by molar-refractivity contribution is -0.143. The Bertz CT molecular complexity index is 383. The van der Waals surface area contributed by atoms with Gasteiger partial charge in [-0.2, -0.15) is 0 Å². The molecule has 3 nitrogen and oxygen atoms in total. The summed E-state index contributed by atoms with van der Waals surface area (Å²) >= 11 is 0. The molecule has 0 aliphatic rings. The first-order valence-corrected chi connectivity index (χ1v) is 6.48. The Labute approximate surface area is 109 Å². The molecule has 0 aliphatic carbocycles. The molecular weight excluding hydrogens is 228 g/mol. The van der Waals surface area contributed by atoms with Crippen LogP contribution >= 0.6 is 0 Å². The van der Waals surface area contributed by atoms with Gasteiger partial charge < -0.3 is 9.84 Å². The van der Waals surface area contributed by atoms with E-state index < -0.39 is 5.97 Å². The number of hydrogen-bond acceptors (Lipinski definition) is 2. The van der Waals surface area contributed by atoms with Crippen molar-refractivity contribution in [1.29, 1.82) is 0 Å². The van der Waals surface area contributed by atoms with Crippen molar-refractivity contribution in [3.63, 3.8) is 0 Å². The smallest absolute Gasteiger partial charge is 0.307 e. The number of carboxylic acid groups (broad SMARTS) is 1. The normalized spacial score (nSPS) is 12.4. The predicted octanol–water partition coefficient (Wildman–Crippen LogP) is 3.37. The van der Waals surface area contributed by atoms with Gasteiger partial charge in [0.15, 0.2) is 0 Å². The quantitative estimate of drug-likeness (QED) is 0.807. The highest BCUT2D eigenvalue weighted by atomic mass is 16.5. The van der Waals surface area contributed by atoms with Crippen LogP contribution in [0.2, 0.25) is 0 Å². The fourth-order valence-electron chi connectivity index (χ4n) is 2.37. The summed E-state index contributed by atoms with van der Waals surface area (Å²) in [6.07, 6.45) is 2.37.